The predicted molar refractivity (Wildman–Crippen MR) is 58.0 cm³/mol. The van der Waals surface area contributed by atoms with Crippen molar-refractivity contribution in [2.45, 2.75) is 26.2 Å². The Bertz CT molecular complexity index is 136. The van der Waals surface area contributed by atoms with Crippen LogP contribution in [0.3, 0.4) is 0 Å². The molecule has 0 aliphatic heterocycles. The van der Waals surface area contributed by atoms with E-state index in [4.69, 9.17) is 4.74 Å². The summed E-state index contributed by atoms with van der Waals surface area (Å²) >= 11 is 0. The molecule has 0 fully saturated rings. The zero-order valence-electron chi connectivity index (χ0n) is 9.23. The van der Waals surface area contributed by atoms with E-state index in [0.29, 0.717) is 0 Å². The van der Waals surface area contributed by atoms with Crippen molar-refractivity contribution in [3.05, 3.63) is 12.7 Å². The van der Waals surface area contributed by atoms with Crippen LogP contribution in [0, 0.1) is 5.41 Å². The first-order chi connectivity index (χ1) is 6.18. The van der Waals surface area contributed by atoms with Crippen LogP contribution in [-0.2, 0) is 4.74 Å². The maximum atomic E-state index is 5.01. The van der Waals surface area contributed by atoms with Crippen molar-refractivity contribution < 1.29 is 4.74 Å². The maximum absolute atomic E-state index is 5.01. The third-order valence-electron chi connectivity index (χ3n) is 2.42. The van der Waals surface area contributed by atoms with Crippen LogP contribution in [0.15, 0.2) is 12.7 Å². The summed E-state index contributed by atoms with van der Waals surface area (Å²) in [5, 5.41) is 3.20. The first-order valence-electron chi connectivity index (χ1n) is 4.95. The Morgan fingerprint density at radius 2 is 2.15 bits per heavy atom. The van der Waals surface area contributed by atoms with Gasteiger partial charge in [-0.05, 0) is 25.3 Å². The standard InChI is InChI=1S/C11H23NO/c1-5-11(2,10-12-3)8-6-7-9-13-4/h5,12H,1,6-10H2,2-4H3. The second kappa shape index (κ2) is 7.10. The van der Waals surface area contributed by atoms with Crippen molar-refractivity contribution in [2.75, 3.05) is 27.3 Å². The van der Waals surface area contributed by atoms with E-state index in [9.17, 15) is 0 Å². The zero-order chi connectivity index (χ0) is 10.2. The van der Waals surface area contributed by atoms with Crippen LogP contribution in [0.2, 0.25) is 0 Å². The molecule has 0 aliphatic carbocycles. The summed E-state index contributed by atoms with van der Waals surface area (Å²) in [5.41, 5.74) is 0.239. The van der Waals surface area contributed by atoms with Crippen LogP contribution >= 0.6 is 0 Å². The molecule has 1 atom stereocenters. The third-order valence-corrected chi connectivity index (χ3v) is 2.42. The molecule has 0 amide bonds. The predicted octanol–water partition coefficient (Wildman–Crippen LogP) is 2.21. The van der Waals surface area contributed by atoms with Crippen molar-refractivity contribution in [3.63, 3.8) is 0 Å². The van der Waals surface area contributed by atoms with Gasteiger partial charge in [-0.25, -0.2) is 0 Å². The van der Waals surface area contributed by atoms with Crippen LogP contribution < -0.4 is 5.32 Å². The van der Waals surface area contributed by atoms with E-state index in [-0.39, 0.29) is 5.41 Å². The molecule has 0 radical (unpaired) electrons. The molecule has 2 nitrogen and oxygen atoms in total. The lowest BCUT2D eigenvalue weighted by Crippen LogP contribution is -2.27. The van der Waals surface area contributed by atoms with Gasteiger partial charge in [-0.1, -0.05) is 19.4 Å². The Hall–Kier alpha value is -0.340. The molecule has 1 unspecified atom stereocenters. The Labute approximate surface area is 82.4 Å². The molecule has 0 aromatic heterocycles. The molecule has 13 heavy (non-hydrogen) atoms. The van der Waals surface area contributed by atoms with Crippen molar-refractivity contribution in [1.82, 2.24) is 5.32 Å². The van der Waals surface area contributed by atoms with E-state index < -0.39 is 0 Å². The lowest BCUT2D eigenvalue weighted by Gasteiger charge is -2.25. The normalized spacial score (nSPS) is 15.3. The molecule has 78 valence electrons. The average Bonchev–Trinajstić information content (AvgIpc) is 2.13. The first kappa shape index (κ1) is 12.7. The summed E-state index contributed by atoms with van der Waals surface area (Å²) in [6, 6.07) is 0. The molecule has 0 aromatic carbocycles. The highest BCUT2D eigenvalue weighted by atomic mass is 16.5. The molecule has 0 aromatic rings. The molecule has 0 aliphatic rings. The van der Waals surface area contributed by atoms with Crippen molar-refractivity contribution in [3.8, 4) is 0 Å². The van der Waals surface area contributed by atoms with Crippen molar-refractivity contribution in [2.24, 2.45) is 5.41 Å². The van der Waals surface area contributed by atoms with Crippen LogP contribution in [-0.4, -0.2) is 27.3 Å². The quantitative estimate of drug-likeness (QED) is 0.462. The van der Waals surface area contributed by atoms with Gasteiger partial charge in [0.15, 0.2) is 0 Å². The second-order valence-corrected chi connectivity index (χ2v) is 3.84. The summed E-state index contributed by atoms with van der Waals surface area (Å²) in [4.78, 5) is 0. The van der Waals surface area contributed by atoms with Crippen LogP contribution in [0.25, 0.3) is 0 Å². The van der Waals surface area contributed by atoms with Gasteiger partial charge in [0.05, 0.1) is 0 Å². The van der Waals surface area contributed by atoms with Gasteiger partial charge in [-0.2, -0.15) is 0 Å². The number of hydrogen-bond donors (Lipinski definition) is 1. The molecule has 0 bridgehead atoms. The highest BCUT2D eigenvalue weighted by Gasteiger charge is 2.17. The number of unbranched alkanes of at least 4 members (excludes halogenated alkanes) is 1. The largest absolute Gasteiger partial charge is 0.385 e. The number of ether oxygens (including phenoxy) is 1. The number of methoxy groups -OCH3 is 1. The van der Waals surface area contributed by atoms with Gasteiger partial charge in [0, 0.05) is 20.3 Å². The summed E-state index contributed by atoms with van der Waals surface area (Å²) < 4.78 is 5.01. The van der Waals surface area contributed by atoms with Crippen molar-refractivity contribution >= 4 is 0 Å². The average molecular weight is 185 g/mol. The lowest BCUT2D eigenvalue weighted by molar-refractivity contribution is 0.188. The molecule has 1 N–H and O–H groups in total. The van der Waals surface area contributed by atoms with Gasteiger partial charge < -0.3 is 10.1 Å². The minimum atomic E-state index is 0.239. The zero-order valence-corrected chi connectivity index (χ0v) is 9.23. The lowest BCUT2D eigenvalue weighted by atomic mass is 9.85. The smallest absolute Gasteiger partial charge is 0.0462 e. The monoisotopic (exact) mass is 185 g/mol. The fraction of sp³-hybridized carbons (Fsp3) is 0.818. The van der Waals surface area contributed by atoms with Crippen LogP contribution in [0.1, 0.15) is 26.2 Å². The molecule has 0 heterocycles. The number of rotatable bonds is 8. The van der Waals surface area contributed by atoms with Crippen LogP contribution in [0.4, 0.5) is 0 Å². The van der Waals surface area contributed by atoms with Gasteiger partial charge in [-0.15, -0.1) is 6.58 Å². The summed E-state index contributed by atoms with van der Waals surface area (Å²) in [5.74, 6) is 0. The van der Waals surface area contributed by atoms with E-state index >= 15 is 0 Å². The fourth-order valence-corrected chi connectivity index (χ4v) is 1.44. The third kappa shape index (κ3) is 5.83. The topological polar surface area (TPSA) is 21.3 Å². The highest BCUT2D eigenvalue weighted by Crippen LogP contribution is 2.24. The first-order valence-corrected chi connectivity index (χ1v) is 4.95. The van der Waals surface area contributed by atoms with E-state index in [2.05, 4.69) is 24.9 Å². The fourth-order valence-electron chi connectivity index (χ4n) is 1.44. The molecular formula is C11H23NO. The summed E-state index contributed by atoms with van der Waals surface area (Å²) in [7, 11) is 3.73. The minimum absolute atomic E-state index is 0.239. The minimum Gasteiger partial charge on any atom is -0.385 e. The van der Waals surface area contributed by atoms with Gasteiger partial charge in [0.2, 0.25) is 0 Å². The van der Waals surface area contributed by atoms with E-state index in [1.807, 2.05) is 7.05 Å². The van der Waals surface area contributed by atoms with Gasteiger partial charge >= 0.3 is 0 Å². The Morgan fingerprint density at radius 1 is 1.46 bits per heavy atom. The van der Waals surface area contributed by atoms with Gasteiger partial charge in [-0.3, -0.25) is 0 Å². The maximum Gasteiger partial charge on any atom is 0.0462 e. The molecular weight excluding hydrogens is 162 g/mol. The van der Waals surface area contributed by atoms with E-state index in [0.717, 1.165) is 19.6 Å². The Kier molecular flexibility index (Phi) is 6.92. The second-order valence-electron chi connectivity index (χ2n) is 3.84. The Balaban J connectivity index is 3.63. The molecule has 0 rings (SSSR count). The van der Waals surface area contributed by atoms with E-state index in [1.54, 1.807) is 7.11 Å². The van der Waals surface area contributed by atoms with Gasteiger partial charge in [0.25, 0.3) is 0 Å². The molecule has 0 saturated heterocycles. The Morgan fingerprint density at radius 3 is 2.62 bits per heavy atom. The molecule has 0 saturated carbocycles. The number of nitrogens with one attached hydrogen (secondary N) is 1. The SMILES string of the molecule is C=CC(C)(CCCCOC)CNC. The number of hydrogen-bond acceptors (Lipinski definition) is 2. The molecule has 0 spiro atoms. The summed E-state index contributed by atoms with van der Waals surface area (Å²) in [6.07, 6.45) is 5.58. The van der Waals surface area contributed by atoms with E-state index in [1.165, 1.54) is 12.8 Å². The van der Waals surface area contributed by atoms with Crippen molar-refractivity contribution in [1.29, 1.82) is 0 Å². The highest BCUT2D eigenvalue weighted by molar-refractivity contribution is 4.92. The van der Waals surface area contributed by atoms with Crippen LogP contribution in [0.5, 0.6) is 0 Å². The van der Waals surface area contributed by atoms with Gasteiger partial charge in [0.1, 0.15) is 0 Å². The molecule has 2 heteroatoms. The summed E-state index contributed by atoms with van der Waals surface area (Å²) in [6.45, 7) is 7.99.